The van der Waals surface area contributed by atoms with Gasteiger partial charge in [0.1, 0.15) is 6.54 Å². The SMILES string of the molecule is CC(OC(=O)CNC(=O)c1ccc2c(c1)OCO2)C(=O)NCc1ccccc1. The molecule has 0 bridgehead atoms. The van der Waals surface area contributed by atoms with Crippen molar-refractivity contribution in [1.29, 1.82) is 0 Å². The number of ether oxygens (including phenoxy) is 3. The van der Waals surface area contributed by atoms with E-state index >= 15 is 0 Å². The zero-order valence-electron chi connectivity index (χ0n) is 15.3. The lowest BCUT2D eigenvalue weighted by molar-refractivity contribution is -0.153. The van der Waals surface area contributed by atoms with E-state index in [2.05, 4.69) is 10.6 Å². The van der Waals surface area contributed by atoms with E-state index < -0.39 is 23.9 Å². The van der Waals surface area contributed by atoms with Gasteiger partial charge in [0, 0.05) is 12.1 Å². The van der Waals surface area contributed by atoms with Gasteiger partial charge in [-0.2, -0.15) is 0 Å². The summed E-state index contributed by atoms with van der Waals surface area (Å²) in [7, 11) is 0. The first kappa shape index (κ1) is 19.2. The number of nitrogens with one attached hydrogen (secondary N) is 2. The minimum Gasteiger partial charge on any atom is -0.454 e. The predicted octanol–water partition coefficient (Wildman–Crippen LogP) is 1.39. The van der Waals surface area contributed by atoms with Crippen LogP contribution in [-0.2, 0) is 20.9 Å². The van der Waals surface area contributed by atoms with Gasteiger partial charge in [-0.25, -0.2) is 0 Å². The largest absolute Gasteiger partial charge is 0.454 e. The van der Waals surface area contributed by atoms with Crippen LogP contribution < -0.4 is 20.1 Å². The molecule has 2 aromatic rings. The molecular weight excluding hydrogens is 364 g/mol. The Kier molecular flexibility index (Phi) is 6.11. The van der Waals surface area contributed by atoms with Crippen molar-refractivity contribution in [2.75, 3.05) is 13.3 Å². The van der Waals surface area contributed by atoms with Crippen LogP contribution in [0.25, 0.3) is 0 Å². The summed E-state index contributed by atoms with van der Waals surface area (Å²) in [6.45, 7) is 1.56. The Morgan fingerprint density at radius 1 is 1.04 bits per heavy atom. The Bertz CT molecular complexity index is 868. The molecule has 2 amide bonds. The van der Waals surface area contributed by atoms with Crippen molar-refractivity contribution in [2.45, 2.75) is 19.6 Å². The van der Waals surface area contributed by atoms with Crippen LogP contribution in [0.15, 0.2) is 48.5 Å². The fourth-order valence-electron chi connectivity index (χ4n) is 2.51. The van der Waals surface area contributed by atoms with Gasteiger partial charge >= 0.3 is 5.97 Å². The summed E-state index contributed by atoms with van der Waals surface area (Å²) in [6, 6.07) is 14.1. The minimum absolute atomic E-state index is 0.108. The van der Waals surface area contributed by atoms with Gasteiger partial charge in [-0.1, -0.05) is 30.3 Å². The number of fused-ring (bicyclic) bond motifs is 1. The maximum absolute atomic E-state index is 12.1. The average molecular weight is 384 g/mol. The van der Waals surface area contributed by atoms with E-state index in [0.29, 0.717) is 23.6 Å². The zero-order chi connectivity index (χ0) is 19.9. The van der Waals surface area contributed by atoms with Crippen LogP contribution in [0, 0.1) is 0 Å². The van der Waals surface area contributed by atoms with Crippen molar-refractivity contribution in [3.63, 3.8) is 0 Å². The van der Waals surface area contributed by atoms with Gasteiger partial charge in [0.15, 0.2) is 17.6 Å². The molecule has 0 spiro atoms. The third kappa shape index (κ3) is 5.00. The van der Waals surface area contributed by atoms with E-state index in [1.54, 1.807) is 12.1 Å². The van der Waals surface area contributed by atoms with E-state index in [1.807, 2.05) is 30.3 Å². The second-order valence-electron chi connectivity index (χ2n) is 6.09. The molecule has 0 saturated heterocycles. The molecule has 1 unspecified atom stereocenters. The number of hydrogen-bond acceptors (Lipinski definition) is 6. The summed E-state index contributed by atoms with van der Waals surface area (Å²) in [5.74, 6) is -0.558. The average Bonchev–Trinajstić information content (AvgIpc) is 3.18. The van der Waals surface area contributed by atoms with Gasteiger partial charge in [-0.3, -0.25) is 14.4 Å². The van der Waals surface area contributed by atoms with Gasteiger partial charge in [-0.15, -0.1) is 0 Å². The van der Waals surface area contributed by atoms with E-state index in [9.17, 15) is 14.4 Å². The summed E-state index contributed by atoms with van der Waals surface area (Å²) in [5, 5.41) is 5.14. The molecule has 8 nitrogen and oxygen atoms in total. The first-order valence-electron chi connectivity index (χ1n) is 8.72. The molecule has 8 heteroatoms. The smallest absolute Gasteiger partial charge is 0.326 e. The highest BCUT2D eigenvalue weighted by molar-refractivity contribution is 5.96. The van der Waals surface area contributed by atoms with E-state index in [1.165, 1.54) is 13.0 Å². The first-order valence-corrected chi connectivity index (χ1v) is 8.72. The number of hydrogen-bond donors (Lipinski definition) is 2. The topological polar surface area (TPSA) is 103 Å². The number of amides is 2. The normalized spacial score (nSPS) is 12.8. The molecule has 2 N–H and O–H groups in total. The standard InChI is InChI=1S/C20H20N2O6/c1-13(19(24)21-10-14-5-3-2-4-6-14)28-18(23)11-22-20(25)15-7-8-16-17(9-15)27-12-26-16/h2-9,13H,10-12H2,1H3,(H,21,24)(H,22,25). The first-order chi connectivity index (χ1) is 13.5. The molecule has 0 fully saturated rings. The third-order valence-electron chi connectivity index (χ3n) is 4.02. The molecule has 0 aliphatic carbocycles. The number of benzene rings is 2. The maximum atomic E-state index is 12.1. The summed E-state index contributed by atoms with van der Waals surface area (Å²) in [5.41, 5.74) is 1.26. The van der Waals surface area contributed by atoms with Crippen LogP contribution in [0.3, 0.4) is 0 Å². The van der Waals surface area contributed by atoms with Gasteiger partial charge in [0.05, 0.1) is 0 Å². The van der Waals surface area contributed by atoms with Crippen molar-refractivity contribution in [3.05, 3.63) is 59.7 Å². The summed E-state index contributed by atoms with van der Waals surface area (Å²) >= 11 is 0. The molecule has 3 rings (SSSR count). The highest BCUT2D eigenvalue weighted by Gasteiger charge is 2.19. The Morgan fingerprint density at radius 3 is 2.57 bits per heavy atom. The van der Waals surface area contributed by atoms with Gasteiger partial charge in [0.25, 0.3) is 11.8 Å². The van der Waals surface area contributed by atoms with Crippen molar-refractivity contribution >= 4 is 17.8 Å². The molecule has 1 aliphatic heterocycles. The number of carbonyl (C=O) groups is 3. The monoisotopic (exact) mass is 384 g/mol. The fraction of sp³-hybridized carbons (Fsp3) is 0.250. The van der Waals surface area contributed by atoms with Crippen molar-refractivity contribution in [3.8, 4) is 11.5 Å². The molecule has 28 heavy (non-hydrogen) atoms. The molecule has 1 aliphatic rings. The maximum Gasteiger partial charge on any atom is 0.326 e. The molecule has 1 atom stereocenters. The van der Waals surface area contributed by atoms with E-state index in [0.717, 1.165) is 5.56 Å². The Balaban J connectivity index is 1.42. The predicted molar refractivity (Wildman–Crippen MR) is 98.7 cm³/mol. The van der Waals surface area contributed by atoms with Crippen LogP contribution in [0.5, 0.6) is 11.5 Å². The Morgan fingerprint density at radius 2 is 1.79 bits per heavy atom. The number of carbonyl (C=O) groups excluding carboxylic acids is 3. The summed E-state index contributed by atoms with van der Waals surface area (Å²) < 4.78 is 15.4. The van der Waals surface area contributed by atoms with Crippen LogP contribution in [0.1, 0.15) is 22.8 Å². The quantitative estimate of drug-likeness (QED) is 0.700. The lowest BCUT2D eigenvalue weighted by atomic mass is 10.2. The van der Waals surface area contributed by atoms with Crippen LogP contribution in [0.2, 0.25) is 0 Å². The molecule has 146 valence electrons. The molecule has 0 aromatic heterocycles. The number of rotatable bonds is 7. The lowest BCUT2D eigenvalue weighted by Crippen LogP contribution is -2.38. The molecule has 2 aromatic carbocycles. The van der Waals surface area contributed by atoms with Crippen molar-refractivity contribution in [1.82, 2.24) is 10.6 Å². The van der Waals surface area contributed by atoms with Crippen LogP contribution in [0.4, 0.5) is 0 Å². The molecule has 0 radical (unpaired) electrons. The summed E-state index contributed by atoms with van der Waals surface area (Å²) in [6.07, 6.45) is -0.973. The molecule has 0 saturated carbocycles. The highest BCUT2D eigenvalue weighted by Crippen LogP contribution is 2.32. The van der Waals surface area contributed by atoms with E-state index in [4.69, 9.17) is 14.2 Å². The Hall–Kier alpha value is -3.55. The second-order valence-corrected chi connectivity index (χ2v) is 6.09. The third-order valence-corrected chi connectivity index (χ3v) is 4.02. The molecule has 1 heterocycles. The van der Waals surface area contributed by atoms with E-state index in [-0.39, 0.29) is 13.3 Å². The lowest BCUT2D eigenvalue weighted by Gasteiger charge is -2.14. The van der Waals surface area contributed by atoms with Crippen LogP contribution in [-0.4, -0.2) is 37.2 Å². The second kappa shape index (κ2) is 8.90. The van der Waals surface area contributed by atoms with Gasteiger partial charge < -0.3 is 24.8 Å². The fourth-order valence-corrected chi connectivity index (χ4v) is 2.51. The van der Waals surface area contributed by atoms with Gasteiger partial charge in [0.2, 0.25) is 6.79 Å². The Labute approximate surface area is 161 Å². The number of esters is 1. The van der Waals surface area contributed by atoms with Crippen molar-refractivity contribution < 1.29 is 28.6 Å². The van der Waals surface area contributed by atoms with Crippen LogP contribution >= 0.6 is 0 Å². The summed E-state index contributed by atoms with van der Waals surface area (Å²) in [4.78, 5) is 36.0. The highest BCUT2D eigenvalue weighted by atomic mass is 16.7. The van der Waals surface area contributed by atoms with Crippen molar-refractivity contribution in [2.24, 2.45) is 0 Å². The molecular formula is C20H20N2O6. The van der Waals surface area contributed by atoms with Gasteiger partial charge in [-0.05, 0) is 30.7 Å². The zero-order valence-corrected chi connectivity index (χ0v) is 15.3. The minimum atomic E-state index is -0.973.